The standard InChI is InChI=1S/C17H30N2OS/c1-5-15(18)16(17-12(2)8-11-21-17)19(9-10-20-4)13(3)14-6-7-14/h8,11,13-16H,5-7,9-10,18H2,1-4H3. The summed E-state index contributed by atoms with van der Waals surface area (Å²) in [5, 5.41) is 2.19. The molecule has 3 unspecified atom stereocenters. The van der Waals surface area contributed by atoms with Gasteiger partial charge in [0.05, 0.1) is 12.6 Å². The highest BCUT2D eigenvalue weighted by Gasteiger charge is 2.37. The highest BCUT2D eigenvalue weighted by molar-refractivity contribution is 7.10. The molecule has 1 aliphatic carbocycles. The van der Waals surface area contributed by atoms with E-state index in [4.69, 9.17) is 10.5 Å². The molecule has 2 rings (SSSR count). The Balaban J connectivity index is 2.27. The molecule has 21 heavy (non-hydrogen) atoms. The zero-order valence-electron chi connectivity index (χ0n) is 13.8. The van der Waals surface area contributed by atoms with E-state index in [1.165, 1.54) is 23.3 Å². The molecule has 4 heteroatoms. The van der Waals surface area contributed by atoms with Gasteiger partial charge < -0.3 is 10.5 Å². The van der Waals surface area contributed by atoms with Gasteiger partial charge in [0, 0.05) is 30.6 Å². The Hall–Kier alpha value is -0.420. The van der Waals surface area contributed by atoms with E-state index >= 15 is 0 Å². The zero-order chi connectivity index (χ0) is 15.4. The lowest BCUT2D eigenvalue weighted by Crippen LogP contribution is -2.47. The third-order valence-electron chi connectivity index (χ3n) is 4.79. The van der Waals surface area contributed by atoms with Gasteiger partial charge in [-0.1, -0.05) is 6.92 Å². The molecule has 1 aromatic heterocycles. The summed E-state index contributed by atoms with van der Waals surface area (Å²) in [6.45, 7) is 8.50. The van der Waals surface area contributed by atoms with E-state index in [0.717, 1.165) is 25.5 Å². The molecule has 1 saturated carbocycles. The quantitative estimate of drug-likeness (QED) is 0.757. The fourth-order valence-corrected chi connectivity index (χ4v) is 4.27. The van der Waals surface area contributed by atoms with Crippen molar-refractivity contribution in [1.29, 1.82) is 0 Å². The molecule has 0 aromatic carbocycles. The predicted octanol–water partition coefficient (Wildman–Crippen LogP) is 3.58. The molecule has 3 nitrogen and oxygen atoms in total. The van der Waals surface area contributed by atoms with E-state index in [1.807, 2.05) is 11.3 Å². The Bertz CT molecular complexity index is 430. The van der Waals surface area contributed by atoms with E-state index in [9.17, 15) is 0 Å². The molecule has 3 atom stereocenters. The minimum absolute atomic E-state index is 0.181. The van der Waals surface area contributed by atoms with Crippen LogP contribution in [0.4, 0.5) is 0 Å². The van der Waals surface area contributed by atoms with Crippen molar-refractivity contribution in [2.45, 2.75) is 58.2 Å². The van der Waals surface area contributed by atoms with Gasteiger partial charge in [-0.3, -0.25) is 4.90 Å². The molecule has 0 bridgehead atoms. The first-order valence-corrected chi connectivity index (χ1v) is 9.02. The van der Waals surface area contributed by atoms with Crippen molar-refractivity contribution in [3.05, 3.63) is 21.9 Å². The van der Waals surface area contributed by atoms with E-state index in [2.05, 4.69) is 37.1 Å². The maximum Gasteiger partial charge on any atom is 0.0599 e. The van der Waals surface area contributed by atoms with Gasteiger partial charge in [-0.05, 0) is 56.0 Å². The summed E-state index contributed by atoms with van der Waals surface area (Å²) in [6.07, 6.45) is 3.73. The van der Waals surface area contributed by atoms with E-state index in [1.54, 1.807) is 7.11 Å². The van der Waals surface area contributed by atoms with Gasteiger partial charge in [-0.25, -0.2) is 0 Å². The lowest BCUT2D eigenvalue weighted by Gasteiger charge is -2.39. The summed E-state index contributed by atoms with van der Waals surface area (Å²) < 4.78 is 5.35. The second-order valence-electron chi connectivity index (χ2n) is 6.29. The molecule has 120 valence electrons. The summed E-state index contributed by atoms with van der Waals surface area (Å²) in [5.41, 5.74) is 7.91. The van der Waals surface area contributed by atoms with Gasteiger partial charge >= 0.3 is 0 Å². The lowest BCUT2D eigenvalue weighted by atomic mass is 9.98. The van der Waals surface area contributed by atoms with Crippen LogP contribution in [0.15, 0.2) is 11.4 Å². The number of ether oxygens (including phenoxy) is 1. The summed E-state index contributed by atoms with van der Waals surface area (Å²) in [4.78, 5) is 4.04. The zero-order valence-corrected chi connectivity index (χ0v) is 14.7. The number of hydrogen-bond acceptors (Lipinski definition) is 4. The third-order valence-corrected chi connectivity index (χ3v) is 5.88. The van der Waals surface area contributed by atoms with Crippen LogP contribution in [0.5, 0.6) is 0 Å². The highest BCUT2D eigenvalue weighted by atomic mass is 32.1. The predicted molar refractivity (Wildman–Crippen MR) is 90.8 cm³/mol. The summed E-state index contributed by atoms with van der Waals surface area (Å²) in [7, 11) is 1.78. The summed E-state index contributed by atoms with van der Waals surface area (Å²) in [6, 6.07) is 3.30. The molecule has 1 aromatic rings. The number of methoxy groups -OCH3 is 1. The number of hydrogen-bond donors (Lipinski definition) is 1. The lowest BCUT2D eigenvalue weighted by molar-refractivity contribution is 0.0701. The number of rotatable bonds is 9. The maximum absolute atomic E-state index is 6.53. The van der Waals surface area contributed by atoms with Crippen LogP contribution in [0.2, 0.25) is 0 Å². The minimum atomic E-state index is 0.181. The smallest absolute Gasteiger partial charge is 0.0599 e. The highest BCUT2D eigenvalue weighted by Crippen LogP contribution is 2.40. The third kappa shape index (κ3) is 4.07. The summed E-state index contributed by atoms with van der Waals surface area (Å²) in [5.74, 6) is 0.841. The number of nitrogens with zero attached hydrogens (tertiary/aromatic N) is 1. The van der Waals surface area contributed by atoms with Crippen LogP contribution in [-0.4, -0.2) is 37.2 Å². The van der Waals surface area contributed by atoms with Gasteiger partial charge in [-0.2, -0.15) is 0 Å². The molecule has 0 aliphatic heterocycles. The number of aryl methyl sites for hydroxylation is 1. The van der Waals surface area contributed by atoms with Gasteiger partial charge in [0.1, 0.15) is 0 Å². The maximum atomic E-state index is 6.53. The van der Waals surface area contributed by atoms with Gasteiger partial charge in [0.25, 0.3) is 0 Å². The Morgan fingerprint density at radius 3 is 2.67 bits per heavy atom. The van der Waals surface area contributed by atoms with Gasteiger partial charge in [0.2, 0.25) is 0 Å². The molecule has 1 heterocycles. The summed E-state index contributed by atoms with van der Waals surface area (Å²) >= 11 is 1.85. The fourth-order valence-electron chi connectivity index (χ4n) is 3.14. The van der Waals surface area contributed by atoms with Gasteiger partial charge in [-0.15, -0.1) is 11.3 Å². The number of thiophene rings is 1. The van der Waals surface area contributed by atoms with Crippen LogP contribution in [0.25, 0.3) is 0 Å². The van der Waals surface area contributed by atoms with Crippen LogP contribution >= 0.6 is 11.3 Å². The molecule has 1 aliphatic rings. The monoisotopic (exact) mass is 310 g/mol. The normalized spacial score (nSPS) is 19.7. The first kappa shape index (κ1) is 16.9. The Labute approximate surface area is 133 Å². The average molecular weight is 311 g/mol. The minimum Gasteiger partial charge on any atom is -0.383 e. The van der Waals surface area contributed by atoms with Crippen molar-refractivity contribution in [3.8, 4) is 0 Å². The SMILES string of the molecule is CCC(N)C(c1sccc1C)N(CCOC)C(C)C1CC1. The van der Waals surface area contributed by atoms with Gasteiger partial charge in [0.15, 0.2) is 0 Å². The second kappa shape index (κ2) is 7.73. The molecule has 0 saturated heterocycles. The topological polar surface area (TPSA) is 38.5 Å². The average Bonchev–Trinajstić information content (AvgIpc) is 3.25. The molecule has 0 spiro atoms. The van der Waals surface area contributed by atoms with Crippen LogP contribution in [0.3, 0.4) is 0 Å². The van der Waals surface area contributed by atoms with E-state index < -0.39 is 0 Å². The Morgan fingerprint density at radius 1 is 1.48 bits per heavy atom. The second-order valence-corrected chi connectivity index (χ2v) is 7.24. The van der Waals surface area contributed by atoms with E-state index in [-0.39, 0.29) is 6.04 Å². The van der Waals surface area contributed by atoms with Crippen LogP contribution < -0.4 is 5.73 Å². The number of nitrogens with two attached hydrogens (primary N) is 1. The fraction of sp³-hybridized carbons (Fsp3) is 0.765. The molecule has 1 fully saturated rings. The first-order chi connectivity index (χ1) is 10.1. The van der Waals surface area contributed by atoms with Crippen LogP contribution in [-0.2, 0) is 4.74 Å². The van der Waals surface area contributed by atoms with Crippen LogP contribution in [0, 0.1) is 12.8 Å². The molecule has 0 amide bonds. The molecule has 2 N–H and O–H groups in total. The molecular weight excluding hydrogens is 280 g/mol. The van der Waals surface area contributed by atoms with Crippen molar-refractivity contribution in [2.24, 2.45) is 11.7 Å². The molecular formula is C17H30N2OS. The van der Waals surface area contributed by atoms with E-state index in [0.29, 0.717) is 12.1 Å². The molecule has 0 radical (unpaired) electrons. The Kier molecular flexibility index (Phi) is 6.23. The largest absolute Gasteiger partial charge is 0.383 e. The first-order valence-electron chi connectivity index (χ1n) is 8.14. The van der Waals surface area contributed by atoms with Crippen molar-refractivity contribution in [2.75, 3.05) is 20.3 Å². The Morgan fingerprint density at radius 2 is 2.19 bits per heavy atom. The van der Waals surface area contributed by atoms with Crippen molar-refractivity contribution < 1.29 is 4.74 Å². The van der Waals surface area contributed by atoms with Crippen molar-refractivity contribution >= 4 is 11.3 Å². The van der Waals surface area contributed by atoms with Crippen molar-refractivity contribution in [1.82, 2.24) is 4.90 Å². The van der Waals surface area contributed by atoms with Crippen LogP contribution in [0.1, 0.15) is 49.6 Å². The van der Waals surface area contributed by atoms with Crippen molar-refractivity contribution in [3.63, 3.8) is 0 Å².